The number of nitrogens with zero attached hydrogens (tertiary/aromatic N) is 1. The molecule has 0 bridgehead atoms. The van der Waals surface area contributed by atoms with E-state index in [0.717, 1.165) is 17.2 Å². The summed E-state index contributed by atoms with van der Waals surface area (Å²) >= 11 is 1.63. The van der Waals surface area contributed by atoms with Crippen LogP contribution in [0.3, 0.4) is 0 Å². The van der Waals surface area contributed by atoms with Crippen LogP contribution in [0.25, 0.3) is 0 Å². The van der Waals surface area contributed by atoms with E-state index >= 15 is 0 Å². The number of rotatable bonds is 4. The van der Waals surface area contributed by atoms with Crippen LogP contribution >= 0.6 is 11.3 Å². The Hall–Kier alpha value is -1.13. The Kier molecular flexibility index (Phi) is 3.64. The Morgan fingerprint density at radius 2 is 2.06 bits per heavy atom. The van der Waals surface area contributed by atoms with Gasteiger partial charge >= 0.3 is 0 Å². The van der Waals surface area contributed by atoms with Gasteiger partial charge in [-0.05, 0) is 33.8 Å². The van der Waals surface area contributed by atoms with Gasteiger partial charge in [0.25, 0.3) is 0 Å². The molecule has 1 N–H and O–H groups in total. The summed E-state index contributed by atoms with van der Waals surface area (Å²) in [6.45, 7) is 8.27. The third-order valence-electron chi connectivity index (χ3n) is 2.94. The van der Waals surface area contributed by atoms with Crippen LogP contribution in [0.1, 0.15) is 48.7 Å². The predicted molar refractivity (Wildman–Crippen MR) is 70.3 cm³/mol. The minimum absolute atomic E-state index is 0.255. The van der Waals surface area contributed by atoms with Crippen LogP contribution in [0, 0.1) is 13.8 Å². The minimum Gasteiger partial charge on any atom is -0.466 e. The van der Waals surface area contributed by atoms with E-state index in [2.05, 4.69) is 35.6 Å². The van der Waals surface area contributed by atoms with Gasteiger partial charge in [-0.3, -0.25) is 0 Å². The SMILES string of the molecule is Cc1cc(C(C)NC(C)c2cscn2)c(C)o1. The Bertz CT molecular complexity index is 476. The first-order valence-electron chi connectivity index (χ1n) is 5.79. The summed E-state index contributed by atoms with van der Waals surface area (Å²) < 4.78 is 5.55. The Morgan fingerprint density at radius 3 is 2.59 bits per heavy atom. The smallest absolute Gasteiger partial charge is 0.105 e. The molecule has 0 aliphatic heterocycles. The summed E-state index contributed by atoms with van der Waals surface area (Å²) in [5.41, 5.74) is 4.19. The largest absolute Gasteiger partial charge is 0.466 e. The topological polar surface area (TPSA) is 38.1 Å². The van der Waals surface area contributed by atoms with Crippen LogP contribution in [0.5, 0.6) is 0 Å². The molecule has 2 unspecified atom stereocenters. The monoisotopic (exact) mass is 250 g/mol. The van der Waals surface area contributed by atoms with Gasteiger partial charge < -0.3 is 9.73 Å². The Balaban J connectivity index is 2.06. The van der Waals surface area contributed by atoms with Crippen molar-refractivity contribution in [2.24, 2.45) is 0 Å². The molecule has 3 nitrogen and oxygen atoms in total. The molecule has 2 atom stereocenters. The van der Waals surface area contributed by atoms with Crippen molar-refractivity contribution in [2.45, 2.75) is 39.8 Å². The summed E-state index contributed by atoms with van der Waals surface area (Å²) in [6, 6.07) is 2.62. The van der Waals surface area contributed by atoms with Gasteiger partial charge in [0.05, 0.1) is 11.2 Å². The highest BCUT2D eigenvalue weighted by Gasteiger charge is 2.16. The molecule has 0 fully saturated rings. The van der Waals surface area contributed by atoms with Crippen molar-refractivity contribution in [3.8, 4) is 0 Å². The van der Waals surface area contributed by atoms with E-state index in [1.807, 2.05) is 19.4 Å². The Labute approximate surface area is 106 Å². The van der Waals surface area contributed by atoms with Crippen molar-refractivity contribution in [2.75, 3.05) is 0 Å². The first-order valence-corrected chi connectivity index (χ1v) is 6.73. The van der Waals surface area contributed by atoms with Crippen molar-refractivity contribution >= 4 is 11.3 Å². The average molecular weight is 250 g/mol. The van der Waals surface area contributed by atoms with E-state index in [1.54, 1.807) is 11.3 Å². The molecule has 4 heteroatoms. The lowest BCUT2D eigenvalue weighted by Gasteiger charge is -2.18. The highest BCUT2D eigenvalue weighted by Crippen LogP contribution is 2.24. The van der Waals surface area contributed by atoms with Gasteiger partial charge in [0, 0.05) is 23.0 Å². The van der Waals surface area contributed by atoms with Crippen molar-refractivity contribution in [1.29, 1.82) is 0 Å². The molecule has 2 aromatic heterocycles. The van der Waals surface area contributed by atoms with Crippen LogP contribution in [0.4, 0.5) is 0 Å². The first-order chi connectivity index (χ1) is 8.08. The van der Waals surface area contributed by atoms with Gasteiger partial charge in [-0.15, -0.1) is 11.3 Å². The molecule has 0 aromatic carbocycles. The fourth-order valence-electron chi connectivity index (χ4n) is 2.07. The highest BCUT2D eigenvalue weighted by molar-refractivity contribution is 7.07. The zero-order valence-corrected chi connectivity index (χ0v) is 11.5. The van der Waals surface area contributed by atoms with E-state index < -0.39 is 0 Å². The fraction of sp³-hybridized carbons (Fsp3) is 0.462. The number of thiazole rings is 1. The number of hydrogen-bond acceptors (Lipinski definition) is 4. The summed E-state index contributed by atoms with van der Waals surface area (Å²) in [5.74, 6) is 1.96. The summed E-state index contributed by atoms with van der Waals surface area (Å²) in [4.78, 5) is 4.32. The third kappa shape index (κ3) is 2.76. The van der Waals surface area contributed by atoms with E-state index in [0.29, 0.717) is 0 Å². The van der Waals surface area contributed by atoms with Crippen LogP contribution in [0.2, 0.25) is 0 Å². The normalized spacial score (nSPS) is 14.8. The number of furan rings is 1. The minimum atomic E-state index is 0.255. The number of hydrogen-bond donors (Lipinski definition) is 1. The highest BCUT2D eigenvalue weighted by atomic mass is 32.1. The summed E-state index contributed by atoms with van der Waals surface area (Å²) in [7, 11) is 0. The molecule has 0 aliphatic rings. The zero-order valence-electron chi connectivity index (χ0n) is 10.7. The second-order valence-electron chi connectivity index (χ2n) is 4.39. The maximum absolute atomic E-state index is 5.55. The van der Waals surface area contributed by atoms with Crippen LogP contribution < -0.4 is 5.32 Å². The molecule has 0 saturated carbocycles. The molecule has 0 amide bonds. The number of nitrogens with one attached hydrogen (secondary N) is 1. The van der Waals surface area contributed by atoms with Crippen molar-refractivity contribution in [3.05, 3.63) is 39.7 Å². The molecule has 92 valence electrons. The lowest BCUT2D eigenvalue weighted by Crippen LogP contribution is -2.22. The summed E-state index contributed by atoms with van der Waals surface area (Å²) in [6.07, 6.45) is 0. The fourth-order valence-corrected chi connectivity index (χ4v) is 2.71. The lowest BCUT2D eigenvalue weighted by atomic mass is 10.1. The van der Waals surface area contributed by atoms with Crippen molar-refractivity contribution < 1.29 is 4.42 Å². The van der Waals surface area contributed by atoms with Gasteiger partial charge in [0.1, 0.15) is 11.5 Å². The molecule has 2 aromatic rings. The van der Waals surface area contributed by atoms with Crippen LogP contribution in [-0.4, -0.2) is 4.98 Å². The van der Waals surface area contributed by atoms with Gasteiger partial charge in [-0.25, -0.2) is 4.98 Å². The van der Waals surface area contributed by atoms with Crippen molar-refractivity contribution in [3.63, 3.8) is 0 Å². The second kappa shape index (κ2) is 5.02. The molecular formula is C13H18N2OS. The zero-order chi connectivity index (χ0) is 12.4. The summed E-state index contributed by atoms with van der Waals surface area (Å²) in [5, 5.41) is 5.62. The van der Waals surface area contributed by atoms with E-state index in [1.165, 1.54) is 5.56 Å². The molecule has 0 spiro atoms. The molecule has 0 radical (unpaired) electrons. The predicted octanol–water partition coefficient (Wildman–Crippen LogP) is 3.76. The van der Waals surface area contributed by atoms with Gasteiger partial charge in [0.15, 0.2) is 0 Å². The number of aryl methyl sites for hydroxylation is 2. The van der Waals surface area contributed by atoms with E-state index in [4.69, 9.17) is 4.42 Å². The average Bonchev–Trinajstić information content (AvgIpc) is 2.87. The molecule has 2 rings (SSSR count). The van der Waals surface area contributed by atoms with Crippen LogP contribution in [-0.2, 0) is 0 Å². The lowest BCUT2D eigenvalue weighted by molar-refractivity contribution is 0.465. The Morgan fingerprint density at radius 1 is 1.29 bits per heavy atom. The van der Waals surface area contributed by atoms with Gasteiger partial charge in [0.2, 0.25) is 0 Å². The second-order valence-corrected chi connectivity index (χ2v) is 5.11. The van der Waals surface area contributed by atoms with E-state index in [9.17, 15) is 0 Å². The standard InChI is InChI=1S/C13H18N2OS/c1-8-5-12(11(4)16-8)9(2)15-10(3)13-6-17-7-14-13/h5-7,9-10,15H,1-4H3. The molecule has 17 heavy (non-hydrogen) atoms. The third-order valence-corrected chi connectivity index (χ3v) is 3.55. The van der Waals surface area contributed by atoms with Crippen LogP contribution in [0.15, 0.2) is 21.4 Å². The van der Waals surface area contributed by atoms with Gasteiger partial charge in [-0.1, -0.05) is 0 Å². The van der Waals surface area contributed by atoms with E-state index in [-0.39, 0.29) is 12.1 Å². The quantitative estimate of drug-likeness (QED) is 0.897. The maximum atomic E-state index is 5.55. The first kappa shape index (κ1) is 12.3. The maximum Gasteiger partial charge on any atom is 0.105 e. The molecule has 0 saturated heterocycles. The number of aromatic nitrogens is 1. The molecule has 2 heterocycles. The molecule has 0 aliphatic carbocycles. The molecular weight excluding hydrogens is 232 g/mol. The van der Waals surface area contributed by atoms with Crippen molar-refractivity contribution in [1.82, 2.24) is 10.3 Å². The van der Waals surface area contributed by atoms with Gasteiger partial charge in [-0.2, -0.15) is 0 Å².